The highest BCUT2D eigenvalue weighted by molar-refractivity contribution is 5.82. The first-order valence-corrected chi connectivity index (χ1v) is 9.53. The van der Waals surface area contributed by atoms with Crippen molar-refractivity contribution in [3.8, 4) is 16.9 Å². The van der Waals surface area contributed by atoms with E-state index in [2.05, 4.69) is 43.0 Å². The minimum atomic E-state index is 0.414. The number of rotatable bonds is 8. The number of nitrogens with two attached hydrogens (primary N) is 1. The number of benzene rings is 1. The van der Waals surface area contributed by atoms with Crippen LogP contribution in [0.15, 0.2) is 73.2 Å². The molecule has 0 aliphatic heterocycles. The molecule has 0 bridgehead atoms. The third-order valence-electron chi connectivity index (χ3n) is 4.67. The summed E-state index contributed by atoms with van der Waals surface area (Å²) in [5.74, 6) is 1.96. The highest BCUT2D eigenvalue weighted by Gasteiger charge is 2.15. The summed E-state index contributed by atoms with van der Waals surface area (Å²) < 4.78 is 7.37. The summed E-state index contributed by atoms with van der Waals surface area (Å²) in [6.45, 7) is 8.66. The van der Waals surface area contributed by atoms with Gasteiger partial charge in [0.05, 0.1) is 18.9 Å². The van der Waals surface area contributed by atoms with Crippen LogP contribution in [-0.4, -0.2) is 28.3 Å². The number of hydrogen-bond donors (Lipinski definition) is 2. The van der Waals surface area contributed by atoms with Crippen molar-refractivity contribution in [2.45, 2.75) is 19.8 Å². The van der Waals surface area contributed by atoms with Gasteiger partial charge in [-0.25, -0.2) is 9.50 Å². The van der Waals surface area contributed by atoms with Gasteiger partial charge < -0.3 is 15.8 Å². The maximum Gasteiger partial charge on any atom is 0.165 e. The molecule has 0 aliphatic carbocycles. The van der Waals surface area contributed by atoms with Crippen LogP contribution < -0.4 is 15.8 Å². The predicted molar refractivity (Wildman–Crippen MR) is 119 cm³/mol. The molecule has 3 N–H and O–H groups in total. The fraction of sp³-hybridized carbons (Fsp3) is 0.217. The molecule has 6 nitrogen and oxygen atoms in total. The van der Waals surface area contributed by atoms with Crippen LogP contribution in [0, 0.1) is 0 Å². The van der Waals surface area contributed by atoms with Gasteiger partial charge in [0.2, 0.25) is 0 Å². The summed E-state index contributed by atoms with van der Waals surface area (Å²) in [5.41, 5.74) is 10.4. The van der Waals surface area contributed by atoms with Crippen molar-refractivity contribution in [3.05, 3.63) is 78.8 Å². The van der Waals surface area contributed by atoms with Crippen molar-refractivity contribution >= 4 is 11.5 Å². The first-order chi connectivity index (χ1) is 14.1. The molecule has 0 saturated carbocycles. The number of methoxy groups -OCH3 is 1. The topological polar surface area (TPSA) is 77.5 Å². The highest BCUT2D eigenvalue weighted by Crippen LogP contribution is 2.35. The minimum Gasteiger partial charge on any atom is -0.496 e. The molecule has 150 valence electrons. The van der Waals surface area contributed by atoms with E-state index in [1.54, 1.807) is 17.7 Å². The van der Waals surface area contributed by atoms with Gasteiger partial charge in [-0.15, -0.1) is 0 Å². The van der Waals surface area contributed by atoms with Crippen LogP contribution in [0.4, 0.5) is 5.82 Å². The van der Waals surface area contributed by atoms with Crippen molar-refractivity contribution in [3.63, 3.8) is 0 Å². The van der Waals surface area contributed by atoms with E-state index in [1.165, 1.54) is 11.8 Å². The molecule has 0 aliphatic rings. The molecule has 0 saturated heterocycles. The van der Waals surface area contributed by atoms with E-state index in [9.17, 15) is 0 Å². The lowest BCUT2D eigenvalue weighted by Crippen LogP contribution is -2.06. The van der Waals surface area contributed by atoms with Crippen LogP contribution in [0.5, 0.6) is 5.75 Å². The second-order valence-electron chi connectivity index (χ2n) is 6.94. The van der Waals surface area contributed by atoms with E-state index >= 15 is 0 Å². The van der Waals surface area contributed by atoms with Crippen molar-refractivity contribution in [1.29, 1.82) is 0 Å². The van der Waals surface area contributed by atoms with Crippen LogP contribution in [0.25, 0.3) is 16.8 Å². The maximum atomic E-state index is 5.60. The summed E-state index contributed by atoms with van der Waals surface area (Å²) in [6.07, 6.45) is 10.7. The number of nitrogens with one attached hydrogen (secondary N) is 1. The first-order valence-electron chi connectivity index (χ1n) is 9.53. The first kappa shape index (κ1) is 20.2. The molecule has 0 fully saturated rings. The Kier molecular flexibility index (Phi) is 6.34. The maximum absolute atomic E-state index is 5.60. The zero-order valence-corrected chi connectivity index (χ0v) is 17.1. The van der Waals surface area contributed by atoms with Crippen LogP contribution in [0.3, 0.4) is 0 Å². The largest absolute Gasteiger partial charge is 0.496 e. The molecule has 6 heteroatoms. The lowest BCUT2D eigenvalue weighted by molar-refractivity contribution is 0.416. The Morgan fingerprint density at radius 1 is 1.31 bits per heavy atom. The number of ether oxygens (including phenoxy) is 1. The minimum absolute atomic E-state index is 0.414. The average molecular weight is 390 g/mol. The molecule has 29 heavy (non-hydrogen) atoms. The van der Waals surface area contributed by atoms with Crippen molar-refractivity contribution < 1.29 is 4.74 Å². The number of nitrogens with zero attached hydrogens (tertiary/aromatic N) is 3. The zero-order chi connectivity index (χ0) is 20.8. The second kappa shape index (κ2) is 9.10. The van der Waals surface area contributed by atoms with E-state index in [-0.39, 0.29) is 0 Å². The standard InChI is InChI=1S/C23H27N5O/c1-5-6-17(9-11-24)14-25-22-10-12-28-23(27-22)20(15-26-28)19-13-18(16(2)3)7-8-21(19)29-4/h5-13,15-16H,1,14,24H2,2-4H3,(H,25,27)/b11-9-,17-6+. The van der Waals surface area contributed by atoms with Crippen LogP contribution >= 0.6 is 0 Å². The third kappa shape index (κ3) is 4.48. The van der Waals surface area contributed by atoms with Crippen LogP contribution in [0.2, 0.25) is 0 Å². The number of aromatic nitrogens is 3. The van der Waals surface area contributed by atoms with Crippen molar-refractivity contribution in [2.75, 3.05) is 19.0 Å². The van der Waals surface area contributed by atoms with E-state index in [1.807, 2.05) is 36.7 Å². The Labute approximate surface area is 171 Å². The Bertz CT molecular complexity index is 1060. The van der Waals surface area contributed by atoms with Gasteiger partial charge in [0.15, 0.2) is 5.65 Å². The molecular formula is C23H27N5O. The number of allylic oxidation sites excluding steroid dienone is 2. The molecular weight excluding hydrogens is 362 g/mol. The average Bonchev–Trinajstić information content (AvgIpc) is 3.15. The second-order valence-corrected chi connectivity index (χ2v) is 6.94. The van der Waals surface area contributed by atoms with Gasteiger partial charge in [0.1, 0.15) is 11.6 Å². The summed E-state index contributed by atoms with van der Waals surface area (Å²) in [6, 6.07) is 8.14. The summed E-state index contributed by atoms with van der Waals surface area (Å²) in [4.78, 5) is 4.78. The van der Waals surface area contributed by atoms with Crippen molar-refractivity contribution in [2.24, 2.45) is 5.73 Å². The number of anilines is 1. The summed E-state index contributed by atoms with van der Waals surface area (Å²) in [7, 11) is 1.68. The van der Waals surface area contributed by atoms with Crippen molar-refractivity contribution in [1.82, 2.24) is 14.6 Å². The van der Waals surface area contributed by atoms with Gasteiger partial charge in [0, 0.05) is 18.3 Å². The van der Waals surface area contributed by atoms with Gasteiger partial charge in [-0.2, -0.15) is 5.10 Å². The molecule has 2 aromatic heterocycles. The van der Waals surface area contributed by atoms with E-state index in [0.29, 0.717) is 12.5 Å². The number of hydrogen-bond acceptors (Lipinski definition) is 5. The Hall–Kier alpha value is -3.54. The fourth-order valence-corrected chi connectivity index (χ4v) is 3.09. The van der Waals surface area contributed by atoms with E-state index in [0.717, 1.165) is 33.9 Å². The molecule has 0 radical (unpaired) electrons. The lowest BCUT2D eigenvalue weighted by atomic mass is 9.97. The third-order valence-corrected chi connectivity index (χ3v) is 4.67. The van der Waals surface area contributed by atoms with Gasteiger partial charge in [-0.3, -0.25) is 0 Å². The Balaban J connectivity index is 1.99. The molecule has 2 heterocycles. The predicted octanol–water partition coefficient (Wildman–Crippen LogP) is 4.53. The summed E-state index contributed by atoms with van der Waals surface area (Å²) >= 11 is 0. The molecule has 0 unspecified atom stereocenters. The molecule has 0 spiro atoms. The van der Waals surface area contributed by atoms with Gasteiger partial charge >= 0.3 is 0 Å². The molecule has 1 aromatic carbocycles. The smallest absolute Gasteiger partial charge is 0.165 e. The van der Waals surface area contributed by atoms with Crippen LogP contribution in [0.1, 0.15) is 25.3 Å². The van der Waals surface area contributed by atoms with Crippen LogP contribution in [-0.2, 0) is 0 Å². The lowest BCUT2D eigenvalue weighted by Gasteiger charge is -2.12. The fourth-order valence-electron chi connectivity index (χ4n) is 3.09. The SMILES string of the molecule is C=C/C=C(\C=C/N)CNc1ccn2ncc(-c3cc(C(C)C)ccc3OC)c2n1. The van der Waals surface area contributed by atoms with Gasteiger partial charge in [-0.05, 0) is 47.5 Å². The Morgan fingerprint density at radius 3 is 2.83 bits per heavy atom. The Morgan fingerprint density at radius 2 is 2.14 bits per heavy atom. The van der Waals surface area contributed by atoms with E-state index in [4.69, 9.17) is 15.5 Å². The number of fused-ring (bicyclic) bond motifs is 1. The molecule has 0 atom stereocenters. The van der Waals surface area contributed by atoms with E-state index < -0.39 is 0 Å². The van der Waals surface area contributed by atoms with Gasteiger partial charge in [0.25, 0.3) is 0 Å². The zero-order valence-electron chi connectivity index (χ0n) is 17.1. The highest BCUT2D eigenvalue weighted by atomic mass is 16.5. The molecule has 3 rings (SSSR count). The molecule has 0 amide bonds. The normalized spacial score (nSPS) is 12.1. The summed E-state index contributed by atoms with van der Waals surface area (Å²) in [5, 5.41) is 7.79. The quantitative estimate of drug-likeness (QED) is 0.554. The molecule has 3 aromatic rings. The van der Waals surface area contributed by atoms with Gasteiger partial charge in [-0.1, -0.05) is 38.6 Å². The monoisotopic (exact) mass is 389 g/mol.